The van der Waals surface area contributed by atoms with E-state index >= 15 is 0 Å². The first-order valence-electron chi connectivity index (χ1n) is 7.89. The predicted octanol–water partition coefficient (Wildman–Crippen LogP) is -0.177. The van der Waals surface area contributed by atoms with Crippen LogP contribution in [0.2, 0.25) is 0 Å². The van der Waals surface area contributed by atoms with E-state index in [9.17, 15) is 9.59 Å². The summed E-state index contributed by atoms with van der Waals surface area (Å²) in [6, 6.07) is 0.232. The van der Waals surface area contributed by atoms with Crippen LogP contribution in [0.15, 0.2) is 19.6 Å². The van der Waals surface area contributed by atoms with Crippen molar-refractivity contribution in [3.8, 4) is 0 Å². The van der Waals surface area contributed by atoms with E-state index < -0.39 is 11.4 Å². The maximum absolute atomic E-state index is 12.4. The third-order valence-corrected chi connectivity index (χ3v) is 3.70. The second-order valence-electron chi connectivity index (χ2n) is 6.48. The molecule has 22 heavy (non-hydrogen) atoms. The van der Waals surface area contributed by atoms with Crippen molar-refractivity contribution in [3.05, 3.63) is 31.7 Å². The molecule has 2 rings (SSSR count). The number of unbranched alkanes of at least 4 members (excludes halogenated alkanes) is 3. The van der Waals surface area contributed by atoms with Gasteiger partial charge in [-0.05, 0) is 33.6 Å². The molecule has 122 valence electrons. The average Bonchev–Trinajstić information content (AvgIpc) is 2.71. The van der Waals surface area contributed by atoms with Gasteiger partial charge in [-0.25, -0.2) is 14.8 Å². The summed E-state index contributed by atoms with van der Waals surface area (Å²) in [6.07, 6.45) is 4.92. The molecule has 1 aliphatic rings. The van der Waals surface area contributed by atoms with Gasteiger partial charge in [0.25, 0.3) is 5.56 Å². The number of aromatic amines is 1. The third kappa shape index (κ3) is 3.91. The summed E-state index contributed by atoms with van der Waals surface area (Å²) >= 11 is 0. The summed E-state index contributed by atoms with van der Waals surface area (Å²) in [6.45, 7) is 6.01. The number of rotatable bonds is 7. The first-order chi connectivity index (χ1) is 10.3. The number of hydrogen-bond donors (Lipinski definition) is 2. The summed E-state index contributed by atoms with van der Waals surface area (Å²) in [5.74, 6) is 0. The van der Waals surface area contributed by atoms with Crippen LogP contribution in [0, 0.1) is 0 Å². The Bertz CT molecular complexity index is 758. The molecule has 0 aliphatic carbocycles. The quantitative estimate of drug-likeness (QED) is 0.683. The Hall–Kier alpha value is -1.76. The van der Waals surface area contributed by atoms with Gasteiger partial charge in [-0.15, -0.1) is 0 Å². The Morgan fingerprint density at radius 3 is 2.55 bits per heavy atom. The molecular formula is C15H25N5O2. The minimum atomic E-state index is -0.678. The molecule has 0 spiro atoms. The van der Waals surface area contributed by atoms with E-state index in [-0.39, 0.29) is 17.0 Å². The Kier molecular flexibility index (Phi) is 4.95. The molecule has 1 aromatic rings. The molecule has 7 heteroatoms. The molecule has 1 atom stereocenters. The van der Waals surface area contributed by atoms with Crippen LogP contribution in [-0.4, -0.2) is 21.3 Å². The fourth-order valence-corrected chi connectivity index (χ4v) is 2.60. The van der Waals surface area contributed by atoms with Crippen LogP contribution in [0.4, 0.5) is 0 Å². The van der Waals surface area contributed by atoms with E-state index in [0.29, 0.717) is 12.0 Å². The number of nitrogens with zero attached hydrogens (tertiary/aromatic N) is 3. The molecule has 0 amide bonds. The normalized spacial score (nSPS) is 16.7. The Labute approximate surface area is 129 Å². The lowest BCUT2D eigenvalue weighted by Crippen LogP contribution is -2.52. The van der Waals surface area contributed by atoms with E-state index in [1.807, 2.05) is 6.92 Å². The van der Waals surface area contributed by atoms with Gasteiger partial charge in [-0.3, -0.25) is 14.3 Å². The van der Waals surface area contributed by atoms with Crippen molar-refractivity contribution in [1.82, 2.24) is 9.55 Å². The molecule has 0 fully saturated rings. The fourth-order valence-electron chi connectivity index (χ4n) is 2.60. The van der Waals surface area contributed by atoms with Gasteiger partial charge in [0.2, 0.25) is 0 Å². The summed E-state index contributed by atoms with van der Waals surface area (Å²) in [5.41, 5.74) is 4.57. The number of H-pyrrole nitrogens is 1. The second-order valence-corrected chi connectivity index (χ2v) is 6.48. The van der Waals surface area contributed by atoms with Crippen LogP contribution < -0.4 is 27.8 Å². The maximum atomic E-state index is 12.4. The lowest BCUT2D eigenvalue weighted by atomic mass is 10.1. The third-order valence-electron chi connectivity index (χ3n) is 3.70. The highest BCUT2D eigenvalue weighted by Gasteiger charge is 2.21. The van der Waals surface area contributed by atoms with Crippen molar-refractivity contribution in [2.24, 2.45) is 15.7 Å². The van der Waals surface area contributed by atoms with Gasteiger partial charge in [0.1, 0.15) is 5.66 Å². The van der Waals surface area contributed by atoms with Gasteiger partial charge in [0.05, 0.1) is 0 Å². The Balaban J connectivity index is 2.05. The number of aromatic nitrogens is 2. The van der Waals surface area contributed by atoms with Gasteiger partial charge in [0.15, 0.2) is 10.8 Å². The molecule has 1 aromatic heterocycles. The lowest BCUT2D eigenvalue weighted by Gasteiger charge is -2.06. The first kappa shape index (κ1) is 16.6. The number of nitrogens with one attached hydrogen (secondary N) is 1. The van der Waals surface area contributed by atoms with Crippen LogP contribution in [0.5, 0.6) is 0 Å². The Morgan fingerprint density at radius 1 is 1.18 bits per heavy atom. The topological polar surface area (TPSA) is 106 Å². The summed E-state index contributed by atoms with van der Waals surface area (Å²) < 4.78 is 1.23. The molecule has 7 nitrogen and oxygen atoms in total. The van der Waals surface area contributed by atoms with Crippen molar-refractivity contribution in [2.75, 3.05) is 0 Å². The summed E-state index contributed by atoms with van der Waals surface area (Å²) in [5, 5.41) is 0.265. The van der Waals surface area contributed by atoms with Crippen molar-refractivity contribution in [1.29, 1.82) is 0 Å². The van der Waals surface area contributed by atoms with Crippen molar-refractivity contribution < 1.29 is 0 Å². The minimum Gasteiger partial charge on any atom is -0.328 e. The van der Waals surface area contributed by atoms with Gasteiger partial charge < -0.3 is 5.73 Å². The molecular weight excluding hydrogens is 282 g/mol. The maximum Gasteiger partial charge on any atom is 0.330 e. The molecule has 0 aromatic carbocycles. The van der Waals surface area contributed by atoms with Gasteiger partial charge >= 0.3 is 5.69 Å². The highest BCUT2D eigenvalue weighted by atomic mass is 16.2. The fraction of sp³-hybridized carbons (Fsp3) is 0.733. The SMILES string of the molecule is CC(N)CCCCCCn1c(=O)[nH]c2c(c1=O)=NC(C)(C)N=2. The summed E-state index contributed by atoms with van der Waals surface area (Å²) in [4.78, 5) is 35.5. The largest absolute Gasteiger partial charge is 0.330 e. The molecule has 3 N–H and O–H groups in total. The van der Waals surface area contributed by atoms with Crippen LogP contribution in [0.3, 0.4) is 0 Å². The van der Waals surface area contributed by atoms with Crippen LogP contribution >= 0.6 is 0 Å². The van der Waals surface area contributed by atoms with Crippen LogP contribution in [0.1, 0.15) is 52.9 Å². The molecule has 0 saturated carbocycles. The molecule has 1 unspecified atom stereocenters. The van der Waals surface area contributed by atoms with Crippen molar-refractivity contribution >= 4 is 0 Å². The summed E-state index contributed by atoms with van der Waals surface area (Å²) in [7, 11) is 0. The number of nitrogens with two attached hydrogens (primary N) is 1. The van der Waals surface area contributed by atoms with Gasteiger partial charge in [-0.1, -0.05) is 19.3 Å². The molecule has 0 bridgehead atoms. The second kappa shape index (κ2) is 6.56. The zero-order valence-corrected chi connectivity index (χ0v) is 13.6. The molecule has 0 radical (unpaired) electrons. The van der Waals surface area contributed by atoms with Gasteiger partial charge in [0, 0.05) is 12.6 Å². The number of fused-ring (bicyclic) bond motifs is 1. The molecule has 0 saturated heterocycles. The van der Waals surface area contributed by atoms with Crippen LogP contribution in [0.25, 0.3) is 0 Å². The highest BCUT2D eigenvalue weighted by molar-refractivity contribution is 4.95. The van der Waals surface area contributed by atoms with Crippen molar-refractivity contribution in [2.45, 2.75) is 71.1 Å². The van der Waals surface area contributed by atoms with E-state index in [4.69, 9.17) is 5.73 Å². The standard InChI is InChI=1S/C15H25N5O2/c1-10(16)8-6-4-5-7-9-20-13(21)11-12(17-14(20)22)19-15(2,3)18-11/h10H,4-9,16H2,1-3H3,(H,17,19,22). The Morgan fingerprint density at radius 2 is 1.86 bits per heavy atom. The van der Waals surface area contributed by atoms with E-state index in [1.54, 1.807) is 13.8 Å². The number of hydrogen-bond acceptors (Lipinski definition) is 5. The van der Waals surface area contributed by atoms with E-state index in [0.717, 1.165) is 32.1 Å². The molecule has 1 aliphatic heterocycles. The van der Waals surface area contributed by atoms with Crippen LogP contribution in [-0.2, 0) is 6.54 Å². The van der Waals surface area contributed by atoms with Gasteiger partial charge in [-0.2, -0.15) is 0 Å². The van der Waals surface area contributed by atoms with E-state index in [2.05, 4.69) is 15.0 Å². The monoisotopic (exact) mass is 307 g/mol. The molecule has 2 heterocycles. The predicted molar refractivity (Wildman–Crippen MR) is 84.4 cm³/mol. The first-order valence-corrected chi connectivity index (χ1v) is 7.89. The average molecular weight is 307 g/mol. The minimum absolute atomic E-state index is 0.232. The smallest absolute Gasteiger partial charge is 0.328 e. The lowest BCUT2D eigenvalue weighted by molar-refractivity contribution is 0.518. The zero-order valence-electron chi connectivity index (χ0n) is 13.6. The van der Waals surface area contributed by atoms with Crippen molar-refractivity contribution in [3.63, 3.8) is 0 Å². The zero-order chi connectivity index (χ0) is 16.3. The van der Waals surface area contributed by atoms with E-state index in [1.165, 1.54) is 4.57 Å². The highest BCUT2D eigenvalue weighted by Crippen LogP contribution is 2.08.